The predicted octanol–water partition coefficient (Wildman–Crippen LogP) is 9.63. The minimum atomic E-state index is 1.25. The molecule has 0 heteroatoms. The number of hydrogen-bond acceptors (Lipinski definition) is 0. The van der Waals surface area contributed by atoms with Gasteiger partial charge in [0.15, 0.2) is 0 Å². The highest BCUT2D eigenvalue weighted by atomic mass is 14.1. The lowest BCUT2D eigenvalue weighted by Crippen LogP contribution is -1.85. The van der Waals surface area contributed by atoms with Gasteiger partial charge in [-0.1, -0.05) is 121 Å². The van der Waals surface area contributed by atoms with E-state index in [-0.39, 0.29) is 0 Å². The largest absolute Gasteiger partial charge is 0.0616 e. The molecular formula is C34H22. The normalized spacial score (nSPS) is 11.5. The Morgan fingerprint density at radius 2 is 0.735 bits per heavy atom. The summed E-state index contributed by atoms with van der Waals surface area (Å²) in [5.41, 5.74) is 5.05. The van der Waals surface area contributed by atoms with Crippen molar-refractivity contribution in [2.24, 2.45) is 0 Å². The van der Waals surface area contributed by atoms with E-state index >= 15 is 0 Å². The summed E-state index contributed by atoms with van der Waals surface area (Å²) in [5, 5.41) is 10.3. The molecule has 0 aliphatic rings. The molecule has 0 aliphatic carbocycles. The summed E-state index contributed by atoms with van der Waals surface area (Å²) in [6.07, 6.45) is 0. The van der Waals surface area contributed by atoms with Crippen molar-refractivity contribution in [2.45, 2.75) is 0 Å². The van der Waals surface area contributed by atoms with Gasteiger partial charge in [0.1, 0.15) is 0 Å². The second-order valence-corrected chi connectivity index (χ2v) is 8.99. The number of hydrogen-bond donors (Lipinski definition) is 0. The van der Waals surface area contributed by atoms with E-state index in [1.807, 2.05) is 0 Å². The summed E-state index contributed by atoms with van der Waals surface area (Å²) in [6.45, 7) is 0. The lowest BCUT2D eigenvalue weighted by molar-refractivity contribution is 1.63. The smallest absolute Gasteiger partial charge is 0.00990 e. The van der Waals surface area contributed by atoms with E-state index in [1.165, 1.54) is 65.3 Å². The molecule has 0 radical (unpaired) electrons. The Kier molecular flexibility index (Phi) is 4.25. The van der Waals surface area contributed by atoms with Gasteiger partial charge in [0.25, 0.3) is 0 Å². The van der Waals surface area contributed by atoms with E-state index in [9.17, 15) is 0 Å². The Labute approximate surface area is 198 Å². The molecular weight excluding hydrogens is 408 g/mol. The first kappa shape index (κ1) is 19.1. The molecule has 158 valence electrons. The molecule has 0 amide bonds. The molecule has 7 aromatic rings. The summed E-state index contributed by atoms with van der Waals surface area (Å²) in [5.74, 6) is 0. The summed E-state index contributed by atoms with van der Waals surface area (Å²) >= 11 is 0. The van der Waals surface area contributed by atoms with Crippen molar-refractivity contribution in [3.05, 3.63) is 133 Å². The molecule has 0 bridgehead atoms. The van der Waals surface area contributed by atoms with Crippen LogP contribution in [0.25, 0.3) is 65.3 Å². The van der Waals surface area contributed by atoms with Crippen molar-refractivity contribution in [1.29, 1.82) is 0 Å². The summed E-state index contributed by atoms with van der Waals surface area (Å²) < 4.78 is 0. The Hall–Kier alpha value is -4.42. The molecule has 0 aromatic heterocycles. The third kappa shape index (κ3) is 3.00. The fourth-order valence-electron chi connectivity index (χ4n) is 5.34. The Balaban J connectivity index is 1.38. The first-order chi connectivity index (χ1) is 16.8. The van der Waals surface area contributed by atoms with Gasteiger partial charge in [0, 0.05) is 0 Å². The molecule has 0 unspecified atom stereocenters. The molecule has 0 spiro atoms. The van der Waals surface area contributed by atoms with Crippen molar-refractivity contribution in [3.8, 4) is 22.3 Å². The monoisotopic (exact) mass is 430 g/mol. The van der Waals surface area contributed by atoms with E-state index in [0.717, 1.165) is 0 Å². The van der Waals surface area contributed by atoms with Crippen molar-refractivity contribution in [3.63, 3.8) is 0 Å². The van der Waals surface area contributed by atoms with E-state index < -0.39 is 0 Å². The van der Waals surface area contributed by atoms with E-state index in [1.54, 1.807) is 0 Å². The third-order valence-electron chi connectivity index (χ3n) is 7.04. The van der Waals surface area contributed by atoms with Gasteiger partial charge in [0.05, 0.1) is 0 Å². The van der Waals surface area contributed by atoms with Crippen LogP contribution in [0.1, 0.15) is 0 Å². The topological polar surface area (TPSA) is 0 Å². The van der Waals surface area contributed by atoms with Crippen LogP contribution in [0.15, 0.2) is 133 Å². The van der Waals surface area contributed by atoms with E-state index in [0.29, 0.717) is 0 Å². The lowest BCUT2D eigenvalue weighted by Gasteiger charge is -2.12. The minimum Gasteiger partial charge on any atom is -0.0616 e. The summed E-state index contributed by atoms with van der Waals surface area (Å²) in [6, 6.07) is 48.6. The molecule has 0 N–H and O–H groups in total. The Morgan fingerprint density at radius 3 is 1.47 bits per heavy atom. The zero-order valence-electron chi connectivity index (χ0n) is 18.7. The van der Waals surface area contributed by atoms with Crippen molar-refractivity contribution >= 4 is 43.1 Å². The average Bonchev–Trinajstić information content (AvgIpc) is 2.91. The van der Waals surface area contributed by atoms with Gasteiger partial charge < -0.3 is 0 Å². The average molecular weight is 431 g/mol. The maximum absolute atomic E-state index is 2.35. The highest BCUT2D eigenvalue weighted by Crippen LogP contribution is 2.36. The van der Waals surface area contributed by atoms with Crippen LogP contribution in [0.2, 0.25) is 0 Å². The van der Waals surface area contributed by atoms with E-state index in [4.69, 9.17) is 0 Å². The number of fused-ring (bicyclic) bond motifs is 5. The molecule has 0 atom stereocenters. The fourth-order valence-corrected chi connectivity index (χ4v) is 5.34. The van der Waals surface area contributed by atoms with Crippen LogP contribution in [-0.4, -0.2) is 0 Å². The van der Waals surface area contributed by atoms with Gasteiger partial charge >= 0.3 is 0 Å². The molecule has 0 nitrogen and oxygen atoms in total. The lowest BCUT2D eigenvalue weighted by atomic mass is 9.92. The molecule has 0 heterocycles. The standard InChI is InChI=1S/C34H22/c1-3-11-29-23(7-1)9-5-13-30(29)25-15-17-26(18-16-25)32-14-6-10-27-21-34-28(22-33(27)32)20-19-24-8-2-4-12-31(24)34/h1-22H. The fraction of sp³-hybridized carbons (Fsp3) is 0. The molecule has 7 aromatic carbocycles. The Bertz CT molecular complexity index is 1830. The minimum absolute atomic E-state index is 1.25. The first-order valence-electron chi connectivity index (χ1n) is 11.8. The van der Waals surface area contributed by atoms with Gasteiger partial charge in [-0.2, -0.15) is 0 Å². The molecule has 0 saturated heterocycles. The summed E-state index contributed by atoms with van der Waals surface area (Å²) in [7, 11) is 0. The number of benzene rings is 7. The van der Waals surface area contributed by atoms with Crippen molar-refractivity contribution in [1.82, 2.24) is 0 Å². The zero-order valence-corrected chi connectivity index (χ0v) is 18.7. The van der Waals surface area contributed by atoms with Crippen molar-refractivity contribution in [2.75, 3.05) is 0 Å². The van der Waals surface area contributed by atoms with Gasteiger partial charge in [-0.3, -0.25) is 0 Å². The number of rotatable bonds is 2. The van der Waals surface area contributed by atoms with Gasteiger partial charge in [0.2, 0.25) is 0 Å². The third-order valence-corrected chi connectivity index (χ3v) is 7.04. The predicted molar refractivity (Wildman–Crippen MR) is 147 cm³/mol. The van der Waals surface area contributed by atoms with Gasteiger partial charge in [-0.15, -0.1) is 0 Å². The molecule has 0 aliphatic heterocycles. The van der Waals surface area contributed by atoms with Crippen LogP contribution in [0, 0.1) is 0 Å². The van der Waals surface area contributed by atoms with Crippen LogP contribution in [0.5, 0.6) is 0 Å². The molecule has 34 heavy (non-hydrogen) atoms. The second-order valence-electron chi connectivity index (χ2n) is 8.99. The molecule has 0 fully saturated rings. The first-order valence-corrected chi connectivity index (χ1v) is 11.8. The maximum Gasteiger partial charge on any atom is -0.00990 e. The highest BCUT2D eigenvalue weighted by Gasteiger charge is 2.09. The van der Waals surface area contributed by atoms with Crippen LogP contribution >= 0.6 is 0 Å². The van der Waals surface area contributed by atoms with Crippen LogP contribution < -0.4 is 0 Å². The zero-order chi connectivity index (χ0) is 22.5. The highest BCUT2D eigenvalue weighted by molar-refractivity contribution is 6.14. The molecule has 7 rings (SSSR count). The van der Waals surface area contributed by atoms with Crippen molar-refractivity contribution < 1.29 is 0 Å². The Morgan fingerprint density at radius 1 is 0.265 bits per heavy atom. The maximum atomic E-state index is 2.35. The van der Waals surface area contributed by atoms with Gasteiger partial charge in [-0.05, 0) is 77.5 Å². The SMILES string of the molecule is c1ccc2c(-c3ccc(-c4cccc5cc6c(ccc7ccccc76)cc45)cc3)cccc2c1. The van der Waals surface area contributed by atoms with Crippen LogP contribution in [0.4, 0.5) is 0 Å². The van der Waals surface area contributed by atoms with E-state index in [2.05, 4.69) is 133 Å². The van der Waals surface area contributed by atoms with Gasteiger partial charge in [-0.25, -0.2) is 0 Å². The summed E-state index contributed by atoms with van der Waals surface area (Å²) in [4.78, 5) is 0. The van der Waals surface area contributed by atoms with Crippen LogP contribution in [0.3, 0.4) is 0 Å². The molecule has 0 saturated carbocycles. The second kappa shape index (κ2) is 7.57. The van der Waals surface area contributed by atoms with Crippen LogP contribution in [-0.2, 0) is 0 Å². The quantitative estimate of drug-likeness (QED) is 0.189.